The summed E-state index contributed by atoms with van der Waals surface area (Å²) in [6.45, 7) is 4.24. The first-order chi connectivity index (χ1) is 9.94. The molecule has 1 heterocycles. The number of aryl methyl sites for hydroxylation is 2. The number of nitrogens with zero attached hydrogens (tertiary/aromatic N) is 4. The number of hydrogen-bond donors (Lipinski definition) is 1. The Morgan fingerprint density at radius 2 is 1.67 bits per heavy atom. The van der Waals surface area contributed by atoms with E-state index in [1.807, 2.05) is 19.0 Å². The molecule has 0 radical (unpaired) electrons. The third-order valence-corrected chi connectivity index (χ3v) is 3.87. The van der Waals surface area contributed by atoms with E-state index >= 15 is 0 Å². The van der Waals surface area contributed by atoms with Crippen LogP contribution in [-0.4, -0.2) is 29.0 Å². The van der Waals surface area contributed by atoms with E-state index in [1.165, 1.54) is 16.7 Å². The molecule has 21 heavy (non-hydrogen) atoms. The van der Waals surface area contributed by atoms with Gasteiger partial charge >= 0.3 is 0 Å². The summed E-state index contributed by atoms with van der Waals surface area (Å²) in [4.78, 5) is 14.5. The van der Waals surface area contributed by atoms with E-state index in [4.69, 9.17) is 5.73 Å². The molecule has 1 aromatic carbocycles. The molecule has 0 saturated heterocycles. The second-order valence-electron chi connectivity index (χ2n) is 5.29. The zero-order valence-corrected chi connectivity index (χ0v) is 13.7. The van der Waals surface area contributed by atoms with Crippen LogP contribution in [0.25, 0.3) is 0 Å². The van der Waals surface area contributed by atoms with E-state index in [1.54, 1.807) is 11.8 Å². The van der Waals surface area contributed by atoms with E-state index in [-0.39, 0.29) is 5.95 Å². The second-order valence-corrected chi connectivity index (χ2v) is 6.28. The van der Waals surface area contributed by atoms with Gasteiger partial charge in [0.2, 0.25) is 11.9 Å². The second kappa shape index (κ2) is 6.76. The molecule has 5 nitrogen and oxygen atoms in total. The first kappa shape index (κ1) is 15.6. The van der Waals surface area contributed by atoms with Gasteiger partial charge in [0.05, 0.1) is 5.75 Å². The van der Waals surface area contributed by atoms with Gasteiger partial charge in [-0.25, -0.2) is 0 Å². The molecule has 2 rings (SSSR count). The van der Waals surface area contributed by atoms with Gasteiger partial charge in [0.15, 0.2) is 0 Å². The molecular weight excluding hydrogens is 282 g/mol. The van der Waals surface area contributed by atoms with Crippen LogP contribution in [0.15, 0.2) is 18.2 Å². The van der Waals surface area contributed by atoms with Crippen LogP contribution in [0.5, 0.6) is 0 Å². The maximum atomic E-state index is 5.72. The molecule has 2 aromatic rings. The van der Waals surface area contributed by atoms with Crippen LogP contribution in [0.1, 0.15) is 22.5 Å². The number of rotatable bonds is 5. The van der Waals surface area contributed by atoms with Crippen molar-refractivity contribution in [3.05, 3.63) is 40.7 Å². The van der Waals surface area contributed by atoms with Gasteiger partial charge in [-0.05, 0) is 19.4 Å². The normalized spacial score (nSPS) is 10.7. The van der Waals surface area contributed by atoms with Crippen molar-refractivity contribution in [3.63, 3.8) is 0 Å². The van der Waals surface area contributed by atoms with Crippen LogP contribution < -0.4 is 10.6 Å². The average Bonchev–Trinajstić information content (AvgIpc) is 2.36. The molecule has 0 aliphatic rings. The molecule has 0 fully saturated rings. The minimum absolute atomic E-state index is 0.274. The van der Waals surface area contributed by atoms with Gasteiger partial charge in [-0.1, -0.05) is 29.3 Å². The SMILES string of the molecule is Cc1cc(C)cc(CSCc2nc(N)nc(N(C)C)n2)c1. The van der Waals surface area contributed by atoms with Crippen molar-refractivity contribution in [2.45, 2.75) is 25.4 Å². The molecule has 0 atom stereocenters. The fraction of sp³-hybridized carbons (Fsp3) is 0.400. The molecule has 1 aromatic heterocycles. The lowest BCUT2D eigenvalue weighted by atomic mass is 10.1. The van der Waals surface area contributed by atoms with E-state index in [0.717, 1.165) is 17.3 Å². The number of nitrogens with two attached hydrogens (primary N) is 1. The summed E-state index contributed by atoms with van der Waals surface area (Å²) in [7, 11) is 3.78. The van der Waals surface area contributed by atoms with Gasteiger partial charge < -0.3 is 10.6 Å². The summed E-state index contributed by atoms with van der Waals surface area (Å²) in [5.41, 5.74) is 9.64. The Labute approximate surface area is 130 Å². The lowest BCUT2D eigenvalue weighted by Gasteiger charge is -2.11. The smallest absolute Gasteiger partial charge is 0.229 e. The highest BCUT2D eigenvalue weighted by Crippen LogP contribution is 2.19. The molecular formula is C15H21N5S. The number of nitrogen functional groups attached to an aromatic ring is 1. The first-order valence-electron chi connectivity index (χ1n) is 6.76. The number of thioether (sulfide) groups is 1. The topological polar surface area (TPSA) is 67.9 Å². The number of aromatic nitrogens is 3. The van der Waals surface area contributed by atoms with E-state index in [2.05, 4.69) is 47.0 Å². The fourth-order valence-electron chi connectivity index (χ4n) is 2.10. The molecule has 2 N–H and O–H groups in total. The Hall–Kier alpha value is -1.82. The molecule has 6 heteroatoms. The van der Waals surface area contributed by atoms with E-state index < -0.39 is 0 Å². The lowest BCUT2D eigenvalue weighted by Crippen LogP contribution is -2.15. The average molecular weight is 303 g/mol. The molecule has 0 bridgehead atoms. The first-order valence-corrected chi connectivity index (χ1v) is 7.92. The number of anilines is 2. The van der Waals surface area contributed by atoms with Crippen molar-refractivity contribution in [2.24, 2.45) is 0 Å². The molecule has 0 spiro atoms. The van der Waals surface area contributed by atoms with Gasteiger partial charge in [-0.3, -0.25) is 0 Å². The van der Waals surface area contributed by atoms with Crippen LogP contribution in [0, 0.1) is 13.8 Å². The molecule has 0 unspecified atom stereocenters. The summed E-state index contributed by atoms with van der Waals surface area (Å²) in [5.74, 6) is 3.26. The lowest BCUT2D eigenvalue weighted by molar-refractivity contribution is 0.919. The van der Waals surface area contributed by atoms with Gasteiger partial charge in [0.25, 0.3) is 0 Å². The van der Waals surface area contributed by atoms with Crippen LogP contribution in [0.3, 0.4) is 0 Å². The Morgan fingerprint density at radius 3 is 2.29 bits per heavy atom. The Bertz CT molecular complexity index is 607. The standard InChI is InChI=1S/C15H21N5S/c1-10-5-11(2)7-12(6-10)8-21-9-13-17-14(16)19-15(18-13)20(3)4/h5-7H,8-9H2,1-4H3,(H2,16,17,18,19). The predicted molar refractivity (Wildman–Crippen MR) is 89.5 cm³/mol. The summed E-state index contributed by atoms with van der Waals surface area (Å²) >= 11 is 1.78. The maximum Gasteiger partial charge on any atom is 0.229 e. The van der Waals surface area contributed by atoms with Gasteiger partial charge in [0, 0.05) is 19.8 Å². The summed E-state index contributed by atoms with van der Waals surface area (Å²) in [5, 5.41) is 0. The zero-order chi connectivity index (χ0) is 15.4. The number of hydrogen-bond acceptors (Lipinski definition) is 6. The highest BCUT2D eigenvalue weighted by molar-refractivity contribution is 7.97. The minimum atomic E-state index is 0.274. The Morgan fingerprint density at radius 1 is 1.00 bits per heavy atom. The van der Waals surface area contributed by atoms with Crippen LogP contribution in [0.2, 0.25) is 0 Å². The molecule has 0 aliphatic heterocycles. The quantitative estimate of drug-likeness (QED) is 0.915. The third-order valence-electron chi connectivity index (χ3n) is 2.87. The highest BCUT2D eigenvalue weighted by atomic mass is 32.2. The van der Waals surface area contributed by atoms with Gasteiger partial charge in [-0.15, -0.1) is 11.8 Å². The summed E-state index contributed by atoms with van der Waals surface area (Å²) < 4.78 is 0. The van der Waals surface area contributed by atoms with Crippen LogP contribution in [-0.2, 0) is 11.5 Å². The van der Waals surface area contributed by atoms with Crippen molar-refractivity contribution in [1.82, 2.24) is 15.0 Å². The summed E-state index contributed by atoms with van der Waals surface area (Å²) in [6, 6.07) is 6.62. The zero-order valence-electron chi connectivity index (χ0n) is 12.9. The van der Waals surface area contributed by atoms with Crippen molar-refractivity contribution in [2.75, 3.05) is 24.7 Å². The van der Waals surface area contributed by atoms with Crippen LogP contribution >= 0.6 is 11.8 Å². The maximum absolute atomic E-state index is 5.72. The molecule has 0 amide bonds. The van der Waals surface area contributed by atoms with Crippen molar-refractivity contribution < 1.29 is 0 Å². The molecule has 112 valence electrons. The minimum Gasteiger partial charge on any atom is -0.368 e. The van der Waals surface area contributed by atoms with Gasteiger partial charge in [0.1, 0.15) is 5.82 Å². The molecule has 0 aliphatic carbocycles. The largest absolute Gasteiger partial charge is 0.368 e. The Kier molecular flexibility index (Phi) is 5.01. The van der Waals surface area contributed by atoms with Crippen molar-refractivity contribution in [1.29, 1.82) is 0 Å². The number of benzene rings is 1. The van der Waals surface area contributed by atoms with E-state index in [0.29, 0.717) is 5.95 Å². The van der Waals surface area contributed by atoms with Gasteiger partial charge in [-0.2, -0.15) is 15.0 Å². The predicted octanol–water partition coefficient (Wildman–Crippen LogP) is 2.57. The highest BCUT2D eigenvalue weighted by Gasteiger charge is 2.06. The van der Waals surface area contributed by atoms with Crippen molar-refractivity contribution >= 4 is 23.7 Å². The third kappa shape index (κ3) is 4.60. The Balaban J connectivity index is 2.00. The fourth-order valence-corrected chi connectivity index (χ4v) is 2.92. The van der Waals surface area contributed by atoms with E-state index in [9.17, 15) is 0 Å². The molecule has 0 saturated carbocycles. The monoisotopic (exact) mass is 303 g/mol. The van der Waals surface area contributed by atoms with Crippen molar-refractivity contribution in [3.8, 4) is 0 Å². The van der Waals surface area contributed by atoms with Crippen LogP contribution in [0.4, 0.5) is 11.9 Å². The summed E-state index contributed by atoms with van der Waals surface area (Å²) in [6.07, 6.45) is 0.